The van der Waals surface area contributed by atoms with Crippen molar-refractivity contribution in [2.24, 2.45) is 0 Å². The summed E-state index contributed by atoms with van der Waals surface area (Å²) >= 11 is 0. The fourth-order valence-electron chi connectivity index (χ4n) is 2.31. The molecule has 0 fully saturated rings. The van der Waals surface area contributed by atoms with Crippen molar-refractivity contribution in [3.8, 4) is 0 Å². The number of alkyl halides is 34. The van der Waals surface area contributed by atoms with Crippen LogP contribution >= 0.6 is 0 Å². The molecule has 318 valence electrons. The zero-order valence-corrected chi connectivity index (χ0v) is 25.4. The zero-order chi connectivity index (χ0) is 44.0. The molecule has 53 heavy (non-hydrogen) atoms. The minimum atomic E-state index is -8.67. The molecule has 0 aliphatic carbocycles. The second kappa shape index (κ2) is 13.7. The van der Waals surface area contributed by atoms with Crippen LogP contribution in [-0.2, 0) is 19.5 Å². The van der Waals surface area contributed by atoms with E-state index in [1.54, 1.807) is 0 Å². The van der Waals surface area contributed by atoms with Crippen LogP contribution in [0.3, 0.4) is 0 Å². The third kappa shape index (κ3) is 7.55. The van der Waals surface area contributed by atoms with E-state index in [1.165, 1.54) is 0 Å². The molecule has 0 aromatic heterocycles. The Morgan fingerprint density at radius 3 is 0.358 bits per heavy atom. The average Bonchev–Trinajstić information content (AvgIpc) is 2.85. The summed E-state index contributed by atoms with van der Waals surface area (Å²) in [5.41, 5.74) is 0. The Balaban J connectivity index is -0.000000926. The third-order valence-corrected chi connectivity index (χ3v) is 5.41. The molecule has 0 aliphatic heterocycles. The standard InChI is InChI=1S/2C8HF17O.Zn/c2*9-1(10,3(13,14)5(17,18)7(21,22)23)2(11,12)4(15,16)6(19,20)8(24,25)26;/h2*26H;. The molecule has 0 heterocycles. The monoisotopic (exact) mass is 936 g/mol. The molecule has 0 aromatic rings. The number of rotatable bonds is 12. The fraction of sp³-hybridized carbons (Fsp3) is 1.00. The van der Waals surface area contributed by atoms with Crippen molar-refractivity contribution in [1.82, 2.24) is 0 Å². The van der Waals surface area contributed by atoms with Crippen LogP contribution in [0.25, 0.3) is 0 Å². The molecule has 0 amide bonds. The van der Waals surface area contributed by atoms with Crippen molar-refractivity contribution in [2.45, 2.75) is 95.6 Å². The molecule has 37 heteroatoms. The van der Waals surface area contributed by atoms with Gasteiger partial charge in [-0.05, 0) is 0 Å². The predicted octanol–water partition coefficient (Wildman–Crippen LogP) is 9.89. The molecule has 0 radical (unpaired) electrons. The van der Waals surface area contributed by atoms with Gasteiger partial charge in [0.15, 0.2) is 0 Å². The SMILES string of the molecule is OC(F)(F)C(F)(F)C(F)(F)C(F)(F)C(F)(F)C(F)(F)C(F)(F)C(F)(F)F.OC(F)(F)C(F)(F)C(F)(F)C(F)(F)C(F)(F)C(F)(F)C(F)(F)C(F)(F)F.[Zn]. The summed E-state index contributed by atoms with van der Waals surface area (Å²) in [5, 5.41) is 14.7. The van der Waals surface area contributed by atoms with Crippen LogP contribution in [0.1, 0.15) is 0 Å². The molecule has 0 aromatic carbocycles. The molecule has 0 unspecified atom stereocenters. The summed E-state index contributed by atoms with van der Waals surface area (Å²) in [6.45, 7) is 0. The maximum absolute atomic E-state index is 12.8. The van der Waals surface area contributed by atoms with Gasteiger partial charge < -0.3 is 10.2 Å². The second-order valence-corrected chi connectivity index (χ2v) is 8.97. The Hall–Kier alpha value is -1.84. The van der Waals surface area contributed by atoms with Crippen molar-refractivity contribution in [1.29, 1.82) is 0 Å². The number of hydrogen-bond donors (Lipinski definition) is 2. The van der Waals surface area contributed by atoms with Gasteiger partial charge in [-0.3, -0.25) is 0 Å². The summed E-state index contributed by atoms with van der Waals surface area (Å²) in [6, 6.07) is 0. The number of aliphatic hydroxyl groups is 2. The molecular formula is C16H2F34O2Zn. The van der Waals surface area contributed by atoms with E-state index in [0.29, 0.717) is 0 Å². The van der Waals surface area contributed by atoms with Crippen LogP contribution in [-0.4, -0.2) is 106 Å². The van der Waals surface area contributed by atoms with Gasteiger partial charge in [0.05, 0.1) is 0 Å². The Kier molecular flexibility index (Phi) is 14.3. The van der Waals surface area contributed by atoms with Gasteiger partial charge in [0.1, 0.15) is 0 Å². The first-order valence-corrected chi connectivity index (χ1v) is 10.4. The van der Waals surface area contributed by atoms with Crippen LogP contribution in [0.15, 0.2) is 0 Å². The summed E-state index contributed by atoms with van der Waals surface area (Å²) in [6.07, 6.45) is -30.2. The first kappa shape index (κ1) is 55.5. The maximum Gasteiger partial charge on any atom is 0.460 e. The number of hydrogen-bond acceptors (Lipinski definition) is 2. The quantitative estimate of drug-likeness (QED) is 0.151. The van der Waals surface area contributed by atoms with E-state index in [2.05, 4.69) is 0 Å². The fourth-order valence-corrected chi connectivity index (χ4v) is 2.31. The normalized spacial score (nSPS) is 16.5. The van der Waals surface area contributed by atoms with Crippen molar-refractivity contribution >= 4 is 0 Å². The first-order valence-electron chi connectivity index (χ1n) is 10.4. The number of halogens is 34. The van der Waals surface area contributed by atoms with Crippen molar-refractivity contribution in [3.05, 3.63) is 0 Å². The summed E-state index contributed by atoms with van der Waals surface area (Å²) < 4.78 is 420. The Morgan fingerprint density at radius 1 is 0.170 bits per heavy atom. The van der Waals surface area contributed by atoms with Crippen LogP contribution in [0.5, 0.6) is 0 Å². The van der Waals surface area contributed by atoms with Gasteiger partial charge in [0, 0.05) is 19.5 Å². The van der Waals surface area contributed by atoms with E-state index in [-0.39, 0.29) is 19.5 Å². The van der Waals surface area contributed by atoms with E-state index < -0.39 is 95.6 Å². The Bertz CT molecular complexity index is 1050. The molecule has 2 N–H and O–H groups in total. The topological polar surface area (TPSA) is 40.5 Å². The largest absolute Gasteiger partial charge is 0.460 e. The Labute approximate surface area is 275 Å². The van der Waals surface area contributed by atoms with Crippen LogP contribution in [0.4, 0.5) is 149 Å². The van der Waals surface area contributed by atoms with Crippen molar-refractivity contribution < 1.29 is 179 Å². The first-order chi connectivity index (χ1) is 21.5. The van der Waals surface area contributed by atoms with Crippen LogP contribution in [0, 0.1) is 0 Å². The van der Waals surface area contributed by atoms with Gasteiger partial charge in [-0.25, -0.2) is 0 Å². The van der Waals surface area contributed by atoms with E-state index >= 15 is 0 Å². The molecule has 0 saturated heterocycles. The van der Waals surface area contributed by atoms with Crippen LogP contribution < -0.4 is 0 Å². The van der Waals surface area contributed by atoms with E-state index in [0.717, 1.165) is 0 Å². The Morgan fingerprint density at radius 2 is 0.264 bits per heavy atom. The second-order valence-electron chi connectivity index (χ2n) is 8.97. The van der Waals surface area contributed by atoms with Gasteiger partial charge in [0.2, 0.25) is 0 Å². The minimum absolute atomic E-state index is 0. The molecular weight excluding hydrogens is 935 g/mol. The predicted molar refractivity (Wildman–Crippen MR) is 85.8 cm³/mol. The molecule has 0 aliphatic rings. The van der Waals surface area contributed by atoms with Crippen molar-refractivity contribution in [3.63, 3.8) is 0 Å². The molecule has 0 rings (SSSR count). The van der Waals surface area contributed by atoms with Gasteiger partial charge in [-0.15, -0.1) is 0 Å². The summed E-state index contributed by atoms with van der Waals surface area (Å²) in [4.78, 5) is 0. The summed E-state index contributed by atoms with van der Waals surface area (Å²) in [7, 11) is 0. The molecule has 0 bridgehead atoms. The molecule has 0 atom stereocenters. The van der Waals surface area contributed by atoms with E-state index in [4.69, 9.17) is 10.2 Å². The molecule has 0 saturated carbocycles. The van der Waals surface area contributed by atoms with E-state index in [9.17, 15) is 149 Å². The average molecular weight is 938 g/mol. The van der Waals surface area contributed by atoms with Gasteiger partial charge in [-0.2, -0.15) is 149 Å². The van der Waals surface area contributed by atoms with E-state index in [1.807, 2.05) is 0 Å². The smallest absolute Gasteiger partial charge is 0.331 e. The third-order valence-electron chi connectivity index (χ3n) is 5.41. The maximum atomic E-state index is 12.8. The van der Waals surface area contributed by atoms with Crippen molar-refractivity contribution in [2.75, 3.05) is 0 Å². The van der Waals surface area contributed by atoms with Crippen LogP contribution in [0.2, 0.25) is 0 Å². The van der Waals surface area contributed by atoms with Gasteiger partial charge >= 0.3 is 95.6 Å². The van der Waals surface area contributed by atoms with Gasteiger partial charge in [0.25, 0.3) is 0 Å². The zero-order valence-electron chi connectivity index (χ0n) is 22.5. The summed E-state index contributed by atoms with van der Waals surface area (Å²) in [5.74, 6) is -101. The molecule has 2 nitrogen and oxygen atoms in total. The molecule has 0 spiro atoms. The minimum Gasteiger partial charge on any atom is -0.331 e. The van der Waals surface area contributed by atoms with Gasteiger partial charge in [-0.1, -0.05) is 0 Å².